The number of nitrogens with one attached hydrogen (secondary N) is 1. The second-order valence-corrected chi connectivity index (χ2v) is 7.86. The van der Waals surface area contributed by atoms with Crippen molar-refractivity contribution >= 4 is 34.8 Å². The predicted molar refractivity (Wildman–Crippen MR) is 123 cm³/mol. The molecule has 9 heteroatoms. The van der Waals surface area contributed by atoms with Gasteiger partial charge in [-0.15, -0.1) is 0 Å². The van der Waals surface area contributed by atoms with Crippen LogP contribution in [-0.2, 0) is 16.0 Å². The van der Waals surface area contributed by atoms with Gasteiger partial charge in [0.05, 0.1) is 13.5 Å². The molecule has 0 bridgehead atoms. The number of hydrogen-bond donors (Lipinski definition) is 1. The van der Waals surface area contributed by atoms with E-state index >= 15 is 0 Å². The van der Waals surface area contributed by atoms with E-state index in [9.17, 15) is 9.59 Å². The number of anilines is 1. The first-order valence-electron chi connectivity index (χ1n) is 10.4. The van der Waals surface area contributed by atoms with E-state index in [1.807, 2.05) is 30.0 Å². The summed E-state index contributed by atoms with van der Waals surface area (Å²) in [6.07, 6.45) is 0.668. The number of benzene rings is 2. The Hall–Kier alpha value is -3.33. The summed E-state index contributed by atoms with van der Waals surface area (Å²) >= 11 is 5.56. The summed E-state index contributed by atoms with van der Waals surface area (Å²) in [4.78, 5) is 29.1. The number of carbonyl (C=O) groups excluding carboxylic acids is 2. The average Bonchev–Trinajstić information content (AvgIpc) is 3.35. The number of fused-ring (bicyclic) bond motifs is 1. The average molecular weight is 456 g/mol. The van der Waals surface area contributed by atoms with E-state index in [2.05, 4.69) is 5.32 Å². The van der Waals surface area contributed by atoms with Crippen molar-refractivity contribution in [3.05, 3.63) is 48.0 Å². The number of rotatable bonds is 8. The third-order valence-electron chi connectivity index (χ3n) is 5.55. The number of methoxy groups -OCH3 is 1. The maximum atomic E-state index is 13.0. The van der Waals surface area contributed by atoms with Crippen molar-refractivity contribution in [1.29, 1.82) is 0 Å². The fraction of sp³-hybridized carbons (Fsp3) is 0.348. The van der Waals surface area contributed by atoms with Crippen LogP contribution < -0.4 is 19.5 Å². The van der Waals surface area contributed by atoms with Gasteiger partial charge in [-0.1, -0.05) is 6.07 Å². The van der Waals surface area contributed by atoms with Crippen LogP contribution in [0.4, 0.5) is 5.69 Å². The molecule has 1 atom stereocenters. The van der Waals surface area contributed by atoms with E-state index in [1.165, 1.54) is 0 Å². The summed E-state index contributed by atoms with van der Waals surface area (Å²) < 4.78 is 15.9. The third kappa shape index (κ3) is 4.47. The molecule has 2 aromatic carbocycles. The Balaban J connectivity index is 1.43. The van der Waals surface area contributed by atoms with Crippen LogP contribution in [0.15, 0.2) is 42.5 Å². The highest BCUT2D eigenvalue weighted by molar-refractivity contribution is 7.80. The molecule has 1 fully saturated rings. The van der Waals surface area contributed by atoms with Crippen molar-refractivity contribution in [2.75, 3.05) is 32.3 Å². The van der Waals surface area contributed by atoms with Crippen molar-refractivity contribution in [2.24, 2.45) is 0 Å². The number of ether oxygens (including phenoxy) is 3. The molecule has 2 aliphatic heterocycles. The highest BCUT2D eigenvalue weighted by atomic mass is 32.1. The molecule has 8 nitrogen and oxygen atoms in total. The van der Waals surface area contributed by atoms with Crippen LogP contribution in [0.25, 0.3) is 0 Å². The quantitative estimate of drug-likeness (QED) is 0.613. The summed E-state index contributed by atoms with van der Waals surface area (Å²) in [5.41, 5.74) is 1.68. The highest BCUT2D eigenvalue weighted by Crippen LogP contribution is 2.33. The molecule has 168 valence electrons. The zero-order valence-electron chi connectivity index (χ0n) is 18.0. The Morgan fingerprint density at radius 3 is 2.66 bits per heavy atom. The van der Waals surface area contributed by atoms with E-state index in [1.54, 1.807) is 36.3 Å². The molecule has 0 radical (unpaired) electrons. The Bertz CT molecular complexity index is 1030. The van der Waals surface area contributed by atoms with E-state index in [-0.39, 0.29) is 25.0 Å². The van der Waals surface area contributed by atoms with E-state index in [4.69, 9.17) is 26.4 Å². The molecule has 2 aliphatic rings. The van der Waals surface area contributed by atoms with Crippen molar-refractivity contribution < 1.29 is 23.8 Å². The fourth-order valence-corrected chi connectivity index (χ4v) is 4.28. The molecule has 2 aromatic rings. The largest absolute Gasteiger partial charge is 0.497 e. The minimum Gasteiger partial charge on any atom is -0.497 e. The molecule has 0 saturated carbocycles. The summed E-state index contributed by atoms with van der Waals surface area (Å²) in [6.45, 7) is 3.08. The second-order valence-electron chi connectivity index (χ2n) is 7.49. The minimum absolute atomic E-state index is 0.0165. The van der Waals surface area contributed by atoms with E-state index in [0.29, 0.717) is 41.8 Å². The summed E-state index contributed by atoms with van der Waals surface area (Å²) in [5.74, 6) is 1.75. The first-order chi connectivity index (χ1) is 15.5. The van der Waals surface area contributed by atoms with Gasteiger partial charge in [0.15, 0.2) is 16.6 Å². The van der Waals surface area contributed by atoms with Gasteiger partial charge < -0.3 is 24.4 Å². The van der Waals surface area contributed by atoms with Gasteiger partial charge in [0.25, 0.3) is 5.91 Å². The summed E-state index contributed by atoms with van der Waals surface area (Å²) in [6, 6.07) is 12.2. The van der Waals surface area contributed by atoms with Crippen LogP contribution in [0.3, 0.4) is 0 Å². The van der Waals surface area contributed by atoms with Gasteiger partial charge in [-0.05, 0) is 67.5 Å². The zero-order chi connectivity index (χ0) is 22.7. The van der Waals surface area contributed by atoms with Gasteiger partial charge in [0, 0.05) is 18.8 Å². The van der Waals surface area contributed by atoms with Gasteiger partial charge in [0.1, 0.15) is 11.8 Å². The van der Waals surface area contributed by atoms with Gasteiger partial charge in [0.2, 0.25) is 12.7 Å². The molecule has 2 amide bonds. The number of likely N-dealkylation sites (N-methyl/N-ethyl adjacent to an activating group) is 1. The fourth-order valence-electron chi connectivity index (χ4n) is 3.84. The van der Waals surface area contributed by atoms with Crippen LogP contribution in [0, 0.1) is 0 Å². The zero-order valence-corrected chi connectivity index (χ0v) is 18.8. The molecular formula is C23H25N3O5S. The van der Waals surface area contributed by atoms with Crippen molar-refractivity contribution in [2.45, 2.75) is 25.8 Å². The van der Waals surface area contributed by atoms with Gasteiger partial charge in [-0.3, -0.25) is 14.5 Å². The number of carbonyl (C=O) groups is 2. The van der Waals surface area contributed by atoms with Crippen LogP contribution in [0.5, 0.6) is 17.2 Å². The second kappa shape index (κ2) is 9.44. The maximum absolute atomic E-state index is 13.0. The molecule has 1 N–H and O–H groups in total. The van der Waals surface area contributed by atoms with Crippen LogP contribution in [0.1, 0.15) is 18.9 Å². The molecular weight excluding hydrogens is 430 g/mol. The summed E-state index contributed by atoms with van der Waals surface area (Å²) in [7, 11) is 1.58. The predicted octanol–water partition coefficient (Wildman–Crippen LogP) is 2.81. The molecule has 1 unspecified atom stereocenters. The molecule has 0 aromatic heterocycles. The lowest BCUT2D eigenvalue weighted by Crippen LogP contribution is -2.39. The number of nitrogens with zero attached hydrogens (tertiary/aromatic N) is 2. The first kappa shape index (κ1) is 21.9. The molecule has 32 heavy (non-hydrogen) atoms. The van der Waals surface area contributed by atoms with Crippen molar-refractivity contribution in [3.8, 4) is 17.2 Å². The lowest BCUT2D eigenvalue weighted by atomic mass is 10.1. The van der Waals surface area contributed by atoms with Crippen molar-refractivity contribution in [1.82, 2.24) is 9.80 Å². The van der Waals surface area contributed by atoms with E-state index < -0.39 is 6.04 Å². The third-order valence-corrected chi connectivity index (χ3v) is 6.01. The standard InChI is InChI=1S/C23H25N3O5S/c1-3-25-22(28)18(13-21(27)24-16-5-7-17(29-2)8-6-16)26(23(25)32)11-10-15-4-9-19-20(12-15)31-14-30-19/h4-9,12,18H,3,10-11,13-14H2,1-2H3,(H,24,27). The highest BCUT2D eigenvalue weighted by Gasteiger charge is 2.42. The molecule has 4 rings (SSSR count). The Morgan fingerprint density at radius 1 is 1.19 bits per heavy atom. The molecule has 0 spiro atoms. The smallest absolute Gasteiger partial charge is 0.252 e. The monoisotopic (exact) mass is 455 g/mol. The Labute approximate surface area is 192 Å². The summed E-state index contributed by atoms with van der Waals surface area (Å²) in [5, 5.41) is 3.30. The number of hydrogen-bond acceptors (Lipinski definition) is 6. The minimum atomic E-state index is -0.630. The van der Waals surface area contributed by atoms with Gasteiger partial charge in [-0.25, -0.2) is 0 Å². The first-order valence-corrected chi connectivity index (χ1v) is 10.9. The van der Waals surface area contributed by atoms with Crippen LogP contribution >= 0.6 is 12.2 Å². The Morgan fingerprint density at radius 2 is 1.94 bits per heavy atom. The van der Waals surface area contributed by atoms with Gasteiger partial charge in [-0.2, -0.15) is 0 Å². The molecule has 2 heterocycles. The topological polar surface area (TPSA) is 80.3 Å². The van der Waals surface area contributed by atoms with E-state index in [0.717, 1.165) is 11.3 Å². The SMILES string of the molecule is CCN1C(=O)C(CC(=O)Nc2ccc(OC)cc2)N(CCc2ccc3c(c2)OCO3)C1=S. The molecule has 0 aliphatic carbocycles. The van der Waals surface area contributed by atoms with Gasteiger partial charge >= 0.3 is 0 Å². The normalized spacial score (nSPS) is 17.1. The lowest BCUT2D eigenvalue weighted by molar-refractivity contribution is -0.130. The van der Waals surface area contributed by atoms with Crippen LogP contribution in [0.2, 0.25) is 0 Å². The number of thiocarbonyl (C=S) groups is 1. The lowest BCUT2D eigenvalue weighted by Gasteiger charge is -2.23. The van der Waals surface area contributed by atoms with Crippen molar-refractivity contribution in [3.63, 3.8) is 0 Å². The number of amides is 2. The Kier molecular flexibility index (Phi) is 6.45. The van der Waals surface area contributed by atoms with Crippen LogP contribution in [-0.4, -0.2) is 59.8 Å². The molecule has 1 saturated heterocycles. The maximum Gasteiger partial charge on any atom is 0.252 e.